The summed E-state index contributed by atoms with van der Waals surface area (Å²) in [6, 6.07) is 3.95. The van der Waals surface area contributed by atoms with Crippen LogP contribution in [-0.2, 0) is 29.2 Å². The number of aromatic amines is 1. The van der Waals surface area contributed by atoms with Crippen molar-refractivity contribution in [3.8, 4) is 0 Å². The van der Waals surface area contributed by atoms with Crippen molar-refractivity contribution in [2.45, 2.75) is 51.1 Å². The second kappa shape index (κ2) is 6.59. The highest BCUT2D eigenvalue weighted by Crippen LogP contribution is 2.28. The number of nitrogens with zero attached hydrogens (tertiary/aromatic N) is 2. The summed E-state index contributed by atoms with van der Waals surface area (Å²) in [4.78, 5) is 10.00. The van der Waals surface area contributed by atoms with Gasteiger partial charge in [-0.15, -0.1) is 0 Å². The molecule has 24 heavy (non-hydrogen) atoms. The summed E-state index contributed by atoms with van der Waals surface area (Å²) in [7, 11) is -3.26. The summed E-state index contributed by atoms with van der Waals surface area (Å²) in [6.45, 7) is 5.92. The number of aryl methyl sites for hydroxylation is 2. The number of sulfone groups is 1. The van der Waals surface area contributed by atoms with E-state index >= 15 is 0 Å². The molecule has 0 unspecified atom stereocenters. The number of anilines is 1. The predicted molar refractivity (Wildman–Crippen MR) is 96.2 cm³/mol. The van der Waals surface area contributed by atoms with Crippen molar-refractivity contribution >= 4 is 15.5 Å². The molecule has 2 aromatic heterocycles. The molecule has 6 heteroatoms. The maximum atomic E-state index is 11.6. The van der Waals surface area contributed by atoms with Crippen molar-refractivity contribution in [1.82, 2.24) is 9.97 Å². The Bertz CT molecular complexity index is 840. The summed E-state index contributed by atoms with van der Waals surface area (Å²) in [5.74, 6) is 0. The predicted octanol–water partition coefficient (Wildman–Crippen LogP) is 3.03. The molecule has 0 aromatic carbocycles. The number of aromatic nitrogens is 2. The van der Waals surface area contributed by atoms with Crippen molar-refractivity contribution in [1.29, 1.82) is 0 Å². The zero-order valence-electron chi connectivity index (χ0n) is 14.6. The average Bonchev–Trinajstić information content (AvgIpc) is 2.93. The van der Waals surface area contributed by atoms with E-state index in [4.69, 9.17) is 0 Å². The van der Waals surface area contributed by atoms with E-state index in [1.165, 1.54) is 36.0 Å². The molecule has 1 aliphatic rings. The molecule has 130 valence electrons. The largest absolute Gasteiger partial charge is 0.365 e. The molecular weight excluding hydrogens is 322 g/mol. The Kier molecular flexibility index (Phi) is 4.67. The van der Waals surface area contributed by atoms with Crippen molar-refractivity contribution < 1.29 is 8.42 Å². The van der Waals surface area contributed by atoms with Crippen LogP contribution in [0.2, 0.25) is 0 Å². The van der Waals surface area contributed by atoms with E-state index in [2.05, 4.69) is 27.9 Å². The molecule has 3 heterocycles. The van der Waals surface area contributed by atoms with E-state index < -0.39 is 9.84 Å². The third-order valence-electron chi connectivity index (χ3n) is 4.62. The normalized spacial score (nSPS) is 14.7. The minimum atomic E-state index is -3.26. The highest BCUT2D eigenvalue weighted by Gasteiger charge is 2.21. The van der Waals surface area contributed by atoms with Crippen LogP contribution in [0.5, 0.6) is 0 Å². The van der Waals surface area contributed by atoms with Crippen LogP contribution < -0.4 is 4.90 Å². The third kappa shape index (κ3) is 3.48. The first-order chi connectivity index (χ1) is 11.4. The molecule has 1 aliphatic heterocycles. The number of pyridine rings is 1. The van der Waals surface area contributed by atoms with Crippen LogP contribution in [0.25, 0.3) is 0 Å². The quantitative estimate of drug-likeness (QED) is 0.903. The first kappa shape index (κ1) is 17.0. The second-order valence-corrected chi connectivity index (χ2v) is 8.62. The Labute approximate surface area is 144 Å². The van der Waals surface area contributed by atoms with Gasteiger partial charge < -0.3 is 9.88 Å². The van der Waals surface area contributed by atoms with Gasteiger partial charge in [-0.25, -0.2) is 13.4 Å². The molecule has 0 radical (unpaired) electrons. The SMILES string of the molecule is CCCCc1cc2c([nH]1)CCN(c1cnc(S(C)(=O)=O)cc1C)C2. The van der Waals surface area contributed by atoms with Crippen LogP contribution in [0.4, 0.5) is 5.69 Å². The van der Waals surface area contributed by atoms with Gasteiger partial charge in [0, 0.05) is 37.2 Å². The molecule has 0 atom stereocenters. The topological polar surface area (TPSA) is 66.1 Å². The molecule has 0 spiro atoms. The van der Waals surface area contributed by atoms with Gasteiger partial charge in [0.15, 0.2) is 14.9 Å². The summed E-state index contributed by atoms with van der Waals surface area (Å²) in [5, 5.41) is 0.143. The Morgan fingerprint density at radius 1 is 1.33 bits per heavy atom. The Morgan fingerprint density at radius 3 is 2.79 bits per heavy atom. The smallest absolute Gasteiger partial charge is 0.192 e. The van der Waals surface area contributed by atoms with E-state index in [-0.39, 0.29) is 5.03 Å². The number of hydrogen-bond acceptors (Lipinski definition) is 4. The lowest BCUT2D eigenvalue weighted by Gasteiger charge is -2.30. The lowest BCUT2D eigenvalue weighted by molar-refractivity contribution is 0.598. The molecule has 2 aromatic rings. The number of fused-ring (bicyclic) bond motifs is 1. The number of H-pyrrole nitrogens is 1. The minimum absolute atomic E-state index is 0.143. The van der Waals surface area contributed by atoms with E-state index in [0.29, 0.717) is 0 Å². The molecule has 5 nitrogen and oxygen atoms in total. The first-order valence-electron chi connectivity index (χ1n) is 8.49. The second-order valence-electron chi connectivity index (χ2n) is 6.65. The fraction of sp³-hybridized carbons (Fsp3) is 0.500. The molecule has 3 rings (SSSR count). The zero-order valence-corrected chi connectivity index (χ0v) is 15.4. The maximum Gasteiger partial charge on any atom is 0.192 e. The van der Waals surface area contributed by atoms with Crippen LogP contribution in [0, 0.1) is 6.92 Å². The standard InChI is InChI=1S/C18H25N3O2S/c1-4-5-6-15-10-14-12-21(8-7-16(14)20-15)17-11-19-18(9-13(17)2)24(3,22)23/h9-11,20H,4-8,12H2,1-3H3. The van der Waals surface area contributed by atoms with Gasteiger partial charge >= 0.3 is 0 Å². The monoisotopic (exact) mass is 347 g/mol. The molecule has 0 fully saturated rings. The van der Waals surface area contributed by atoms with E-state index in [1.807, 2.05) is 6.92 Å². The molecule has 0 saturated heterocycles. The maximum absolute atomic E-state index is 11.6. The minimum Gasteiger partial charge on any atom is -0.365 e. The lowest BCUT2D eigenvalue weighted by atomic mass is 10.1. The zero-order chi connectivity index (χ0) is 17.3. The van der Waals surface area contributed by atoms with Crippen molar-refractivity contribution in [3.05, 3.63) is 40.8 Å². The van der Waals surface area contributed by atoms with Crippen molar-refractivity contribution in [2.24, 2.45) is 0 Å². The van der Waals surface area contributed by atoms with Gasteiger partial charge in [-0.1, -0.05) is 13.3 Å². The van der Waals surface area contributed by atoms with Crippen molar-refractivity contribution in [3.63, 3.8) is 0 Å². The van der Waals surface area contributed by atoms with E-state index in [1.54, 1.807) is 12.3 Å². The highest BCUT2D eigenvalue weighted by molar-refractivity contribution is 7.90. The van der Waals surface area contributed by atoms with Crippen LogP contribution >= 0.6 is 0 Å². The fourth-order valence-electron chi connectivity index (χ4n) is 3.27. The Morgan fingerprint density at radius 2 is 2.12 bits per heavy atom. The van der Waals surface area contributed by atoms with Gasteiger partial charge in [-0.3, -0.25) is 0 Å². The van der Waals surface area contributed by atoms with Gasteiger partial charge in [-0.05, 0) is 43.0 Å². The van der Waals surface area contributed by atoms with Gasteiger partial charge in [-0.2, -0.15) is 0 Å². The van der Waals surface area contributed by atoms with Crippen LogP contribution in [-0.4, -0.2) is 31.2 Å². The number of unbranched alkanes of at least 4 members (excludes halogenated alkanes) is 1. The summed E-state index contributed by atoms with van der Waals surface area (Å²) >= 11 is 0. The van der Waals surface area contributed by atoms with Gasteiger partial charge in [0.25, 0.3) is 0 Å². The first-order valence-corrected chi connectivity index (χ1v) is 10.4. The van der Waals surface area contributed by atoms with Crippen LogP contribution in [0.3, 0.4) is 0 Å². The molecule has 0 saturated carbocycles. The Hall–Kier alpha value is -1.82. The number of nitrogens with one attached hydrogen (secondary N) is 1. The average molecular weight is 347 g/mol. The Balaban J connectivity index is 1.81. The van der Waals surface area contributed by atoms with Crippen LogP contribution in [0.15, 0.2) is 23.4 Å². The molecule has 0 bridgehead atoms. The molecule has 1 N–H and O–H groups in total. The van der Waals surface area contributed by atoms with Crippen molar-refractivity contribution in [2.75, 3.05) is 17.7 Å². The third-order valence-corrected chi connectivity index (χ3v) is 5.60. The lowest BCUT2D eigenvalue weighted by Crippen LogP contribution is -2.30. The summed E-state index contributed by atoms with van der Waals surface area (Å²) < 4.78 is 23.3. The van der Waals surface area contributed by atoms with Crippen LogP contribution in [0.1, 0.15) is 42.3 Å². The summed E-state index contributed by atoms with van der Waals surface area (Å²) in [5.41, 5.74) is 5.99. The molecule has 0 amide bonds. The van der Waals surface area contributed by atoms with Gasteiger partial charge in [0.05, 0.1) is 11.9 Å². The number of rotatable bonds is 5. The highest BCUT2D eigenvalue weighted by atomic mass is 32.2. The fourth-order valence-corrected chi connectivity index (χ4v) is 3.90. The molecule has 0 aliphatic carbocycles. The van der Waals surface area contributed by atoms with Gasteiger partial charge in [0.2, 0.25) is 0 Å². The summed E-state index contributed by atoms with van der Waals surface area (Å²) in [6.07, 6.45) is 7.38. The van der Waals surface area contributed by atoms with E-state index in [0.717, 1.165) is 37.2 Å². The number of hydrogen-bond donors (Lipinski definition) is 1. The van der Waals surface area contributed by atoms with Gasteiger partial charge in [0.1, 0.15) is 0 Å². The van der Waals surface area contributed by atoms with E-state index in [9.17, 15) is 8.42 Å². The molecular formula is C18H25N3O2S.